The minimum absolute atomic E-state index is 0.0470. The predicted octanol–water partition coefficient (Wildman–Crippen LogP) is 4.86. The third kappa shape index (κ3) is 5.69. The van der Waals surface area contributed by atoms with E-state index in [1.807, 2.05) is 72.8 Å². The molecular formula is C25H24O4. The molecule has 4 heteroatoms. The van der Waals surface area contributed by atoms with Gasteiger partial charge in [0.15, 0.2) is 5.78 Å². The highest BCUT2D eigenvalue weighted by molar-refractivity contribution is 5.99. The second kappa shape index (κ2) is 9.39. The van der Waals surface area contributed by atoms with Crippen molar-refractivity contribution in [3.63, 3.8) is 0 Å². The summed E-state index contributed by atoms with van der Waals surface area (Å²) < 4.78 is 17.0. The summed E-state index contributed by atoms with van der Waals surface area (Å²) in [7, 11) is 0. The van der Waals surface area contributed by atoms with E-state index in [1.54, 1.807) is 6.07 Å². The minimum Gasteiger partial charge on any atom is -0.490 e. The number of hydrogen-bond acceptors (Lipinski definition) is 4. The second-order valence-electron chi connectivity index (χ2n) is 7.11. The van der Waals surface area contributed by atoms with Crippen LogP contribution in [0, 0.1) is 0 Å². The summed E-state index contributed by atoms with van der Waals surface area (Å²) in [5.74, 6) is 1.29. The molecule has 148 valence electrons. The number of carbonyl (C=O) groups is 1. The van der Waals surface area contributed by atoms with E-state index >= 15 is 0 Å². The van der Waals surface area contributed by atoms with E-state index in [4.69, 9.17) is 14.2 Å². The number of ether oxygens (including phenoxy) is 3. The molecule has 0 N–H and O–H groups in total. The van der Waals surface area contributed by atoms with Crippen molar-refractivity contribution in [2.45, 2.75) is 25.6 Å². The maximum atomic E-state index is 13.0. The van der Waals surface area contributed by atoms with E-state index in [0.29, 0.717) is 43.1 Å². The van der Waals surface area contributed by atoms with Crippen molar-refractivity contribution in [3.8, 4) is 11.5 Å². The molecule has 0 aromatic heterocycles. The van der Waals surface area contributed by atoms with Crippen LogP contribution >= 0.6 is 0 Å². The van der Waals surface area contributed by atoms with Crippen LogP contribution < -0.4 is 9.47 Å². The predicted molar refractivity (Wildman–Crippen MR) is 112 cm³/mol. The number of hydrogen-bond donors (Lipinski definition) is 0. The van der Waals surface area contributed by atoms with Crippen LogP contribution in [0.5, 0.6) is 11.5 Å². The summed E-state index contributed by atoms with van der Waals surface area (Å²) in [5.41, 5.74) is 2.79. The Kier molecular flexibility index (Phi) is 6.22. The van der Waals surface area contributed by atoms with E-state index < -0.39 is 0 Å². The Hall–Kier alpha value is -3.11. The van der Waals surface area contributed by atoms with Gasteiger partial charge in [-0.05, 0) is 35.7 Å². The Balaban J connectivity index is 1.46. The molecule has 0 spiro atoms. The Morgan fingerprint density at radius 3 is 2.28 bits per heavy atom. The van der Waals surface area contributed by atoms with Crippen LogP contribution in [0.2, 0.25) is 0 Å². The molecule has 4 nitrogen and oxygen atoms in total. The van der Waals surface area contributed by atoms with Crippen LogP contribution in [0.25, 0.3) is 0 Å². The standard InChI is InChI=1S/C25H24O4/c26-24(13-11-19-7-3-1-4-8-19)23-15-21(27-16-20-9-5-2-6-10-20)12-14-25(23)29-18-22-17-28-22/h1-10,12,14-15,22H,11,13,16-18H2. The first-order valence-corrected chi connectivity index (χ1v) is 9.90. The highest BCUT2D eigenvalue weighted by Gasteiger charge is 2.24. The highest BCUT2D eigenvalue weighted by Crippen LogP contribution is 2.28. The average molecular weight is 388 g/mol. The zero-order valence-corrected chi connectivity index (χ0v) is 16.3. The largest absolute Gasteiger partial charge is 0.490 e. The van der Waals surface area contributed by atoms with Gasteiger partial charge < -0.3 is 14.2 Å². The number of epoxide rings is 1. The van der Waals surface area contributed by atoms with Gasteiger partial charge in [-0.25, -0.2) is 0 Å². The van der Waals surface area contributed by atoms with Crippen molar-refractivity contribution in [1.29, 1.82) is 0 Å². The summed E-state index contributed by atoms with van der Waals surface area (Å²) in [4.78, 5) is 13.0. The summed E-state index contributed by atoms with van der Waals surface area (Å²) in [5, 5.41) is 0. The van der Waals surface area contributed by atoms with Gasteiger partial charge in [0.1, 0.15) is 30.8 Å². The molecule has 0 aliphatic carbocycles. The van der Waals surface area contributed by atoms with E-state index in [0.717, 1.165) is 17.7 Å². The van der Waals surface area contributed by atoms with Crippen molar-refractivity contribution in [3.05, 3.63) is 95.6 Å². The van der Waals surface area contributed by atoms with Crippen molar-refractivity contribution < 1.29 is 19.0 Å². The monoisotopic (exact) mass is 388 g/mol. The van der Waals surface area contributed by atoms with E-state index in [1.165, 1.54) is 0 Å². The molecule has 1 fully saturated rings. The highest BCUT2D eigenvalue weighted by atomic mass is 16.6. The normalized spacial score (nSPS) is 15.0. The summed E-state index contributed by atoms with van der Waals surface area (Å²) in [6.45, 7) is 1.63. The first-order chi connectivity index (χ1) is 14.3. The minimum atomic E-state index is 0.0470. The lowest BCUT2D eigenvalue weighted by molar-refractivity contribution is 0.0977. The molecule has 1 unspecified atom stereocenters. The third-order valence-corrected chi connectivity index (χ3v) is 4.81. The third-order valence-electron chi connectivity index (χ3n) is 4.81. The van der Waals surface area contributed by atoms with Crippen LogP contribution in [-0.4, -0.2) is 25.1 Å². The quantitative estimate of drug-likeness (QED) is 0.368. The topological polar surface area (TPSA) is 48.1 Å². The number of rotatable bonds is 10. The fourth-order valence-corrected chi connectivity index (χ4v) is 3.07. The Morgan fingerprint density at radius 1 is 0.897 bits per heavy atom. The number of benzene rings is 3. The number of aryl methyl sites for hydroxylation is 1. The maximum Gasteiger partial charge on any atom is 0.167 e. The Morgan fingerprint density at radius 2 is 1.59 bits per heavy atom. The zero-order valence-electron chi connectivity index (χ0n) is 16.3. The van der Waals surface area contributed by atoms with Crippen LogP contribution in [0.1, 0.15) is 27.9 Å². The number of ketones is 1. The van der Waals surface area contributed by atoms with Crippen LogP contribution in [0.4, 0.5) is 0 Å². The van der Waals surface area contributed by atoms with Gasteiger partial charge in [0.05, 0.1) is 12.2 Å². The van der Waals surface area contributed by atoms with Gasteiger partial charge in [-0.3, -0.25) is 4.79 Å². The van der Waals surface area contributed by atoms with Gasteiger partial charge in [0.2, 0.25) is 0 Å². The lowest BCUT2D eigenvalue weighted by Gasteiger charge is -2.13. The molecule has 1 heterocycles. The van der Waals surface area contributed by atoms with Crippen molar-refractivity contribution in [2.24, 2.45) is 0 Å². The molecule has 4 rings (SSSR count). The Labute approximate surface area is 171 Å². The smallest absolute Gasteiger partial charge is 0.167 e. The lowest BCUT2D eigenvalue weighted by atomic mass is 10.0. The molecule has 3 aromatic carbocycles. The van der Waals surface area contributed by atoms with Crippen LogP contribution in [0.3, 0.4) is 0 Å². The first-order valence-electron chi connectivity index (χ1n) is 9.90. The van der Waals surface area contributed by atoms with Crippen molar-refractivity contribution in [1.82, 2.24) is 0 Å². The number of carbonyl (C=O) groups excluding carboxylic acids is 1. The average Bonchev–Trinajstić information content (AvgIpc) is 3.61. The summed E-state index contributed by atoms with van der Waals surface area (Å²) >= 11 is 0. The molecule has 1 atom stereocenters. The van der Waals surface area contributed by atoms with Gasteiger partial charge >= 0.3 is 0 Å². The molecule has 0 amide bonds. The molecule has 1 aliphatic heterocycles. The zero-order chi connectivity index (χ0) is 19.9. The fourth-order valence-electron chi connectivity index (χ4n) is 3.07. The molecule has 0 saturated carbocycles. The maximum absolute atomic E-state index is 13.0. The van der Waals surface area contributed by atoms with Crippen LogP contribution in [-0.2, 0) is 17.8 Å². The van der Waals surface area contributed by atoms with Gasteiger partial charge in [-0.2, -0.15) is 0 Å². The molecule has 0 radical (unpaired) electrons. The molecule has 1 saturated heterocycles. The van der Waals surface area contributed by atoms with Gasteiger partial charge in [-0.1, -0.05) is 60.7 Å². The van der Waals surface area contributed by atoms with Gasteiger partial charge in [0.25, 0.3) is 0 Å². The van der Waals surface area contributed by atoms with Gasteiger partial charge in [-0.15, -0.1) is 0 Å². The molecule has 1 aliphatic rings. The second-order valence-corrected chi connectivity index (χ2v) is 7.11. The SMILES string of the molecule is O=C(CCc1ccccc1)c1cc(OCc2ccccc2)ccc1OCC1CO1. The molecule has 0 bridgehead atoms. The van der Waals surface area contributed by atoms with Crippen LogP contribution in [0.15, 0.2) is 78.9 Å². The van der Waals surface area contributed by atoms with Crippen molar-refractivity contribution >= 4 is 5.78 Å². The fraction of sp³-hybridized carbons (Fsp3) is 0.240. The van der Waals surface area contributed by atoms with E-state index in [2.05, 4.69) is 0 Å². The van der Waals surface area contributed by atoms with E-state index in [-0.39, 0.29) is 11.9 Å². The molecule has 3 aromatic rings. The van der Waals surface area contributed by atoms with Crippen molar-refractivity contribution in [2.75, 3.05) is 13.2 Å². The lowest BCUT2D eigenvalue weighted by Crippen LogP contribution is -2.10. The van der Waals surface area contributed by atoms with Gasteiger partial charge in [0, 0.05) is 6.42 Å². The Bertz CT molecular complexity index is 934. The molecule has 29 heavy (non-hydrogen) atoms. The first kappa shape index (κ1) is 19.2. The van der Waals surface area contributed by atoms with E-state index in [9.17, 15) is 4.79 Å². The summed E-state index contributed by atoms with van der Waals surface area (Å²) in [6.07, 6.45) is 1.25. The molecular weight excluding hydrogens is 364 g/mol. The summed E-state index contributed by atoms with van der Waals surface area (Å²) in [6, 6.07) is 25.4. The number of Topliss-reactive ketones (excluding diaryl/α,β-unsaturated/α-hetero) is 1.